The third-order valence-electron chi connectivity index (χ3n) is 3.65. The van der Waals surface area contributed by atoms with Crippen molar-refractivity contribution >= 4 is 5.95 Å². The number of aryl methyl sites for hydroxylation is 2. The normalized spacial score (nSPS) is 15.5. The van der Waals surface area contributed by atoms with Gasteiger partial charge in [0.05, 0.1) is 0 Å². The van der Waals surface area contributed by atoms with E-state index in [4.69, 9.17) is 0 Å². The molecular weight excluding hydrogens is 236 g/mol. The van der Waals surface area contributed by atoms with Crippen molar-refractivity contribution in [2.75, 3.05) is 24.5 Å². The van der Waals surface area contributed by atoms with Gasteiger partial charge in [-0.3, -0.25) is 0 Å². The lowest BCUT2D eigenvalue weighted by Gasteiger charge is -2.18. The van der Waals surface area contributed by atoms with E-state index in [1.807, 2.05) is 0 Å². The van der Waals surface area contributed by atoms with Crippen molar-refractivity contribution in [2.45, 2.75) is 47.1 Å². The van der Waals surface area contributed by atoms with Gasteiger partial charge in [-0.15, -0.1) is 0 Å². The Hall–Kier alpha value is -1.16. The molecule has 19 heavy (non-hydrogen) atoms. The Morgan fingerprint density at radius 3 is 2.21 bits per heavy atom. The minimum atomic E-state index is 0.672. The van der Waals surface area contributed by atoms with Crippen LogP contribution in [0.5, 0.6) is 0 Å². The first-order chi connectivity index (χ1) is 9.08. The fourth-order valence-corrected chi connectivity index (χ4v) is 2.52. The monoisotopic (exact) mass is 262 g/mol. The summed E-state index contributed by atoms with van der Waals surface area (Å²) in [5.41, 5.74) is 3.49. The van der Waals surface area contributed by atoms with Crippen LogP contribution in [0.3, 0.4) is 0 Å². The molecule has 4 heteroatoms. The molecule has 0 atom stereocenters. The zero-order valence-electron chi connectivity index (χ0n) is 12.7. The second-order valence-electron chi connectivity index (χ2n) is 5.89. The summed E-state index contributed by atoms with van der Waals surface area (Å²) in [5, 5.41) is 3.48. The van der Waals surface area contributed by atoms with Gasteiger partial charge in [0, 0.05) is 36.6 Å². The van der Waals surface area contributed by atoms with E-state index in [-0.39, 0.29) is 0 Å². The molecule has 0 radical (unpaired) electrons. The molecule has 0 spiro atoms. The zero-order valence-corrected chi connectivity index (χ0v) is 12.7. The van der Waals surface area contributed by atoms with Crippen LogP contribution in [-0.2, 0) is 6.54 Å². The van der Waals surface area contributed by atoms with Crippen LogP contribution in [0.2, 0.25) is 0 Å². The van der Waals surface area contributed by atoms with E-state index in [1.165, 1.54) is 18.4 Å². The van der Waals surface area contributed by atoms with Gasteiger partial charge in [-0.1, -0.05) is 13.8 Å². The number of hydrogen-bond acceptors (Lipinski definition) is 4. The standard InChI is InChI=1S/C15H26N4/c1-11(2)9-16-10-14-12(3)17-15(18-13(14)4)19-7-5-6-8-19/h11,16H,5-10H2,1-4H3. The van der Waals surface area contributed by atoms with Crippen molar-refractivity contribution in [2.24, 2.45) is 5.92 Å². The minimum Gasteiger partial charge on any atom is -0.341 e. The summed E-state index contributed by atoms with van der Waals surface area (Å²) < 4.78 is 0. The Morgan fingerprint density at radius 1 is 1.11 bits per heavy atom. The molecule has 2 rings (SSSR count). The fraction of sp³-hybridized carbons (Fsp3) is 0.733. The predicted molar refractivity (Wildman–Crippen MR) is 79.5 cm³/mol. The Bertz CT molecular complexity index is 399. The van der Waals surface area contributed by atoms with Crippen LogP contribution in [0.4, 0.5) is 5.95 Å². The van der Waals surface area contributed by atoms with Gasteiger partial charge in [0.1, 0.15) is 0 Å². The fourth-order valence-electron chi connectivity index (χ4n) is 2.52. The summed E-state index contributed by atoms with van der Waals surface area (Å²) in [6.07, 6.45) is 2.53. The van der Waals surface area contributed by atoms with Crippen LogP contribution in [0.25, 0.3) is 0 Å². The average molecular weight is 262 g/mol. The van der Waals surface area contributed by atoms with Crippen LogP contribution < -0.4 is 10.2 Å². The maximum Gasteiger partial charge on any atom is 0.225 e. The molecule has 0 saturated carbocycles. The molecule has 1 N–H and O–H groups in total. The molecule has 1 aliphatic rings. The van der Waals surface area contributed by atoms with Gasteiger partial charge in [0.25, 0.3) is 0 Å². The molecule has 1 saturated heterocycles. The van der Waals surface area contributed by atoms with E-state index in [1.54, 1.807) is 0 Å². The number of nitrogens with one attached hydrogen (secondary N) is 1. The molecule has 1 fully saturated rings. The second-order valence-corrected chi connectivity index (χ2v) is 5.89. The molecule has 0 aromatic carbocycles. The molecular formula is C15H26N4. The summed E-state index contributed by atoms with van der Waals surface area (Å²) in [6.45, 7) is 12.7. The topological polar surface area (TPSA) is 41.1 Å². The lowest BCUT2D eigenvalue weighted by Crippen LogP contribution is -2.24. The molecule has 0 aliphatic carbocycles. The lowest BCUT2D eigenvalue weighted by atomic mass is 10.1. The second kappa shape index (κ2) is 6.33. The van der Waals surface area contributed by atoms with Crippen LogP contribution in [0, 0.1) is 19.8 Å². The van der Waals surface area contributed by atoms with Gasteiger partial charge in [0.2, 0.25) is 5.95 Å². The van der Waals surface area contributed by atoms with Gasteiger partial charge < -0.3 is 10.2 Å². The van der Waals surface area contributed by atoms with Crippen molar-refractivity contribution in [3.05, 3.63) is 17.0 Å². The van der Waals surface area contributed by atoms with Gasteiger partial charge in [-0.05, 0) is 39.2 Å². The Kier molecular flexibility index (Phi) is 4.75. The smallest absolute Gasteiger partial charge is 0.225 e. The van der Waals surface area contributed by atoms with Gasteiger partial charge in [-0.25, -0.2) is 9.97 Å². The molecule has 1 aromatic heterocycles. The number of rotatable bonds is 5. The Labute approximate surface area is 116 Å². The van der Waals surface area contributed by atoms with E-state index in [0.717, 1.165) is 43.5 Å². The van der Waals surface area contributed by atoms with Crippen molar-refractivity contribution in [3.63, 3.8) is 0 Å². The van der Waals surface area contributed by atoms with Crippen LogP contribution >= 0.6 is 0 Å². The predicted octanol–water partition coefficient (Wildman–Crippen LogP) is 2.44. The molecule has 4 nitrogen and oxygen atoms in total. The maximum absolute atomic E-state index is 4.69. The Morgan fingerprint density at radius 2 is 1.68 bits per heavy atom. The maximum atomic E-state index is 4.69. The highest BCUT2D eigenvalue weighted by molar-refractivity contribution is 5.37. The quantitative estimate of drug-likeness (QED) is 0.885. The molecule has 0 unspecified atom stereocenters. The van der Waals surface area contributed by atoms with E-state index >= 15 is 0 Å². The molecule has 0 bridgehead atoms. The van der Waals surface area contributed by atoms with Gasteiger partial charge in [0.15, 0.2) is 0 Å². The lowest BCUT2D eigenvalue weighted by molar-refractivity contribution is 0.549. The third-order valence-corrected chi connectivity index (χ3v) is 3.65. The van der Waals surface area contributed by atoms with Gasteiger partial charge >= 0.3 is 0 Å². The van der Waals surface area contributed by atoms with Crippen molar-refractivity contribution in [1.29, 1.82) is 0 Å². The SMILES string of the molecule is Cc1nc(N2CCCC2)nc(C)c1CNCC(C)C. The van der Waals surface area contributed by atoms with E-state index in [9.17, 15) is 0 Å². The number of aromatic nitrogens is 2. The largest absolute Gasteiger partial charge is 0.341 e. The third kappa shape index (κ3) is 3.66. The molecule has 1 aromatic rings. The molecule has 106 valence electrons. The molecule has 2 heterocycles. The van der Waals surface area contributed by atoms with Crippen LogP contribution in [0.15, 0.2) is 0 Å². The molecule has 0 amide bonds. The minimum absolute atomic E-state index is 0.672. The van der Waals surface area contributed by atoms with Crippen molar-refractivity contribution in [1.82, 2.24) is 15.3 Å². The summed E-state index contributed by atoms with van der Waals surface area (Å²) in [5.74, 6) is 1.59. The van der Waals surface area contributed by atoms with E-state index in [2.05, 4.69) is 47.9 Å². The first-order valence-corrected chi connectivity index (χ1v) is 7.37. The highest BCUT2D eigenvalue weighted by atomic mass is 15.3. The van der Waals surface area contributed by atoms with Crippen molar-refractivity contribution in [3.8, 4) is 0 Å². The first-order valence-electron chi connectivity index (χ1n) is 7.37. The number of anilines is 1. The highest BCUT2D eigenvalue weighted by Crippen LogP contribution is 2.19. The first kappa shape index (κ1) is 14.3. The van der Waals surface area contributed by atoms with Gasteiger partial charge in [-0.2, -0.15) is 0 Å². The van der Waals surface area contributed by atoms with Crippen LogP contribution in [-0.4, -0.2) is 29.6 Å². The van der Waals surface area contributed by atoms with E-state index in [0.29, 0.717) is 5.92 Å². The summed E-state index contributed by atoms with van der Waals surface area (Å²) in [7, 11) is 0. The summed E-state index contributed by atoms with van der Waals surface area (Å²) in [6, 6.07) is 0. The average Bonchev–Trinajstić information content (AvgIpc) is 2.85. The molecule has 1 aliphatic heterocycles. The zero-order chi connectivity index (χ0) is 13.8. The van der Waals surface area contributed by atoms with E-state index < -0.39 is 0 Å². The Balaban J connectivity index is 2.08. The number of hydrogen-bond donors (Lipinski definition) is 1. The number of nitrogens with zero attached hydrogens (tertiary/aromatic N) is 3. The highest BCUT2D eigenvalue weighted by Gasteiger charge is 2.17. The van der Waals surface area contributed by atoms with Crippen LogP contribution in [0.1, 0.15) is 43.6 Å². The van der Waals surface area contributed by atoms with Crippen molar-refractivity contribution < 1.29 is 0 Å². The summed E-state index contributed by atoms with van der Waals surface area (Å²) in [4.78, 5) is 11.7. The summed E-state index contributed by atoms with van der Waals surface area (Å²) >= 11 is 0.